The van der Waals surface area contributed by atoms with E-state index in [1.807, 2.05) is 26.2 Å². The van der Waals surface area contributed by atoms with Gasteiger partial charge in [-0.25, -0.2) is 0 Å². The molecule has 1 N–H and O–H groups in total. The number of rotatable bonds is 3. The van der Waals surface area contributed by atoms with E-state index in [0.29, 0.717) is 0 Å². The van der Waals surface area contributed by atoms with Crippen molar-refractivity contribution in [3.8, 4) is 0 Å². The van der Waals surface area contributed by atoms with E-state index in [-0.39, 0.29) is 0 Å². The molecule has 0 spiro atoms. The van der Waals surface area contributed by atoms with E-state index < -0.39 is 0 Å². The number of hydrogen-bond acceptors (Lipinski definition) is 3. The van der Waals surface area contributed by atoms with Crippen LogP contribution in [-0.2, 0) is 6.42 Å². The first-order chi connectivity index (χ1) is 7.95. The third-order valence-corrected chi connectivity index (χ3v) is 2.68. The van der Waals surface area contributed by atoms with Gasteiger partial charge in [-0.1, -0.05) is 13.8 Å². The van der Waals surface area contributed by atoms with Gasteiger partial charge in [0.25, 0.3) is 0 Å². The normalized spacial score (nSPS) is 16.4. The van der Waals surface area contributed by atoms with E-state index in [1.165, 1.54) is 25.2 Å². The molecule has 0 atom stereocenters. The lowest BCUT2D eigenvalue weighted by Gasteiger charge is -2.27. The average Bonchev–Trinajstić information content (AvgIpc) is 2.41. The van der Waals surface area contributed by atoms with Crippen molar-refractivity contribution in [2.45, 2.75) is 20.3 Å². The SMILES string of the molecule is CC.c1cc(CCN2CCNCC2)ccn1. The van der Waals surface area contributed by atoms with Crippen LogP contribution >= 0.6 is 0 Å². The van der Waals surface area contributed by atoms with E-state index in [9.17, 15) is 0 Å². The minimum atomic E-state index is 1.14. The molecular weight excluding hydrogens is 198 g/mol. The monoisotopic (exact) mass is 221 g/mol. The standard InChI is InChI=1S/C11H17N3.C2H6/c1-4-12-5-2-11(1)3-8-14-9-6-13-7-10-14;1-2/h1-2,4-5,13H,3,6-10H2;1-2H3. The molecule has 1 aliphatic heterocycles. The summed E-state index contributed by atoms with van der Waals surface area (Å²) in [6.07, 6.45) is 4.88. The topological polar surface area (TPSA) is 28.2 Å². The summed E-state index contributed by atoms with van der Waals surface area (Å²) in [4.78, 5) is 6.53. The van der Waals surface area contributed by atoms with Gasteiger partial charge >= 0.3 is 0 Å². The number of nitrogens with one attached hydrogen (secondary N) is 1. The Kier molecular flexibility index (Phi) is 6.77. The Bertz CT molecular complexity index is 255. The van der Waals surface area contributed by atoms with Gasteiger partial charge in [-0.3, -0.25) is 4.98 Å². The summed E-state index contributed by atoms with van der Waals surface area (Å²) >= 11 is 0. The van der Waals surface area contributed by atoms with Crippen LogP contribution in [0, 0.1) is 0 Å². The molecule has 3 nitrogen and oxygen atoms in total. The number of pyridine rings is 1. The summed E-state index contributed by atoms with van der Waals surface area (Å²) in [5.74, 6) is 0. The minimum absolute atomic E-state index is 1.14. The molecule has 16 heavy (non-hydrogen) atoms. The molecule has 1 fully saturated rings. The zero-order valence-corrected chi connectivity index (χ0v) is 10.4. The number of hydrogen-bond donors (Lipinski definition) is 1. The first-order valence-electron chi connectivity index (χ1n) is 6.27. The molecule has 1 aromatic heterocycles. The van der Waals surface area contributed by atoms with Gasteiger partial charge in [0.1, 0.15) is 0 Å². The molecule has 90 valence electrons. The maximum atomic E-state index is 4.02. The molecule has 0 aromatic carbocycles. The smallest absolute Gasteiger partial charge is 0.0270 e. The highest BCUT2D eigenvalue weighted by atomic mass is 15.2. The molecule has 3 heteroatoms. The van der Waals surface area contributed by atoms with Gasteiger partial charge in [-0.2, -0.15) is 0 Å². The summed E-state index contributed by atoms with van der Waals surface area (Å²) in [6, 6.07) is 4.20. The molecule has 1 saturated heterocycles. The lowest BCUT2D eigenvalue weighted by atomic mass is 10.2. The van der Waals surface area contributed by atoms with Gasteiger partial charge in [-0.15, -0.1) is 0 Å². The third-order valence-electron chi connectivity index (χ3n) is 2.68. The summed E-state index contributed by atoms with van der Waals surface area (Å²) in [5, 5.41) is 3.36. The lowest BCUT2D eigenvalue weighted by molar-refractivity contribution is 0.244. The quantitative estimate of drug-likeness (QED) is 0.839. The summed E-state index contributed by atoms with van der Waals surface area (Å²) < 4.78 is 0. The van der Waals surface area contributed by atoms with Crippen LogP contribution in [0.3, 0.4) is 0 Å². The third kappa shape index (κ3) is 4.73. The first-order valence-corrected chi connectivity index (χ1v) is 6.27. The molecular formula is C13H23N3. The number of aromatic nitrogens is 1. The molecule has 0 radical (unpaired) electrons. The number of piperazine rings is 1. The fourth-order valence-corrected chi connectivity index (χ4v) is 1.77. The van der Waals surface area contributed by atoms with Crippen LogP contribution in [-0.4, -0.2) is 42.6 Å². The van der Waals surface area contributed by atoms with Crippen molar-refractivity contribution in [1.82, 2.24) is 15.2 Å². The number of nitrogens with zero attached hydrogens (tertiary/aromatic N) is 2. The average molecular weight is 221 g/mol. The van der Waals surface area contributed by atoms with E-state index in [2.05, 4.69) is 27.3 Å². The molecule has 2 heterocycles. The highest BCUT2D eigenvalue weighted by Gasteiger charge is 2.08. The molecule has 1 aromatic rings. The Morgan fingerprint density at radius 3 is 2.44 bits per heavy atom. The van der Waals surface area contributed by atoms with E-state index in [1.54, 1.807) is 0 Å². The summed E-state index contributed by atoms with van der Waals surface area (Å²) in [6.45, 7) is 9.81. The second-order valence-electron chi connectivity index (χ2n) is 3.70. The van der Waals surface area contributed by atoms with Crippen LogP contribution < -0.4 is 5.32 Å². The van der Waals surface area contributed by atoms with Gasteiger partial charge in [0.2, 0.25) is 0 Å². The van der Waals surface area contributed by atoms with Crippen LogP contribution in [0.25, 0.3) is 0 Å². The van der Waals surface area contributed by atoms with Gasteiger partial charge in [0, 0.05) is 45.1 Å². The molecule has 0 aliphatic carbocycles. The van der Waals surface area contributed by atoms with E-state index in [0.717, 1.165) is 19.5 Å². The predicted octanol–water partition coefficient (Wildman–Crippen LogP) is 1.56. The van der Waals surface area contributed by atoms with Crippen molar-refractivity contribution in [1.29, 1.82) is 0 Å². The van der Waals surface area contributed by atoms with Crippen LogP contribution in [0.1, 0.15) is 19.4 Å². The van der Waals surface area contributed by atoms with Crippen molar-refractivity contribution in [2.24, 2.45) is 0 Å². The van der Waals surface area contributed by atoms with Crippen LogP contribution in [0.2, 0.25) is 0 Å². The van der Waals surface area contributed by atoms with Crippen LogP contribution in [0.5, 0.6) is 0 Å². The summed E-state index contributed by atoms with van der Waals surface area (Å²) in [7, 11) is 0. The Labute approximate surface area is 98.9 Å². The van der Waals surface area contributed by atoms with Crippen LogP contribution in [0.4, 0.5) is 0 Å². The molecule has 1 aliphatic rings. The van der Waals surface area contributed by atoms with Gasteiger partial charge in [0.15, 0.2) is 0 Å². The highest BCUT2D eigenvalue weighted by Crippen LogP contribution is 2.00. The largest absolute Gasteiger partial charge is 0.314 e. The van der Waals surface area contributed by atoms with Crippen molar-refractivity contribution in [3.05, 3.63) is 30.1 Å². The molecule has 0 unspecified atom stereocenters. The van der Waals surface area contributed by atoms with Gasteiger partial charge < -0.3 is 10.2 Å². The second-order valence-corrected chi connectivity index (χ2v) is 3.70. The van der Waals surface area contributed by atoms with E-state index >= 15 is 0 Å². The Morgan fingerprint density at radius 1 is 1.19 bits per heavy atom. The zero-order valence-electron chi connectivity index (χ0n) is 10.4. The summed E-state index contributed by atoms with van der Waals surface area (Å²) in [5.41, 5.74) is 1.39. The van der Waals surface area contributed by atoms with Crippen molar-refractivity contribution < 1.29 is 0 Å². The zero-order chi connectivity index (χ0) is 11.6. The lowest BCUT2D eigenvalue weighted by Crippen LogP contribution is -2.44. The maximum Gasteiger partial charge on any atom is 0.0270 e. The minimum Gasteiger partial charge on any atom is -0.314 e. The Hall–Kier alpha value is -0.930. The highest BCUT2D eigenvalue weighted by molar-refractivity contribution is 5.09. The van der Waals surface area contributed by atoms with Crippen molar-refractivity contribution in [2.75, 3.05) is 32.7 Å². The van der Waals surface area contributed by atoms with Gasteiger partial charge in [0.05, 0.1) is 0 Å². The van der Waals surface area contributed by atoms with Gasteiger partial charge in [-0.05, 0) is 24.1 Å². The Balaban J connectivity index is 0.000000606. The maximum absolute atomic E-state index is 4.02. The molecule has 2 rings (SSSR count). The van der Waals surface area contributed by atoms with E-state index in [4.69, 9.17) is 0 Å². The van der Waals surface area contributed by atoms with Crippen molar-refractivity contribution in [3.63, 3.8) is 0 Å². The molecule has 0 bridgehead atoms. The Morgan fingerprint density at radius 2 is 1.81 bits per heavy atom. The molecule has 0 amide bonds. The molecule has 0 saturated carbocycles. The second kappa shape index (κ2) is 8.25. The first kappa shape index (κ1) is 13.1. The predicted molar refractivity (Wildman–Crippen MR) is 68.6 cm³/mol. The van der Waals surface area contributed by atoms with Crippen LogP contribution in [0.15, 0.2) is 24.5 Å². The van der Waals surface area contributed by atoms with Crippen molar-refractivity contribution >= 4 is 0 Å². The fraction of sp³-hybridized carbons (Fsp3) is 0.615. The fourth-order valence-electron chi connectivity index (χ4n) is 1.77.